The first kappa shape index (κ1) is 18.0. The second kappa shape index (κ2) is 7.46. The molecule has 2 amide bonds. The number of halogens is 1. The van der Waals surface area contributed by atoms with E-state index in [1.54, 1.807) is 24.3 Å². The Morgan fingerprint density at radius 2 is 1.29 bits per heavy atom. The Bertz CT molecular complexity index is 847. The topological polar surface area (TPSA) is 92.3 Å². The number of benzene rings is 2. The molecule has 0 fully saturated rings. The largest absolute Gasteiger partial charge is 0.269 e. The van der Waals surface area contributed by atoms with Gasteiger partial charge in [0.15, 0.2) is 9.84 Å². The summed E-state index contributed by atoms with van der Waals surface area (Å²) in [5.41, 5.74) is 5.81. The molecule has 24 heavy (non-hydrogen) atoms. The number of hydrogen-bond acceptors (Lipinski definition) is 4. The van der Waals surface area contributed by atoms with Gasteiger partial charge in [-0.25, -0.2) is 8.42 Å². The number of hydrogen-bond donors (Lipinski definition) is 2. The van der Waals surface area contributed by atoms with E-state index in [2.05, 4.69) is 10.9 Å². The Balaban J connectivity index is 1.95. The molecule has 0 aliphatic heterocycles. The van der Waals surface area contributed by atoms with Crippen molar-refractivity contribution < 1.29 is 18.0 Å². The van der Waals surface area contributed by atoms with Gasteiger partial charge in [-0.2, -0.15) is 0 Å². The normalized spacial score (nSPS) is 10.9. The van der Waals surface area contributed by atoms with E-state index in [4.69, 9.17) is 11.6 Å². The van der Waals surface area contributed by atoms with Crippen molar-refractivity contribution in [1.29, 1.82) is 0 Å². The SMILES string of the molecule is CS(=O)(=O)Cc1ccc(C(=O)NNC(=O)c2ccc(Cl)cc2)cc1. The van der Waals surface area contributed by atoms with Gasteiger partial charge in [0.05, 0.1) is 5.75 Å². The van der Waals surface area contributed by atoms with Crippen molar-refractivity contribution in [2.45, 2.75) is 5.75 Å². The number of carbonyl (C=O) groups excluding carboxylic acids is 2. The molecule has 0 spiro atoms. The Hall–Kier alpha value is -2.38. The molecule has 0 aliphatic carbocycles. The van der Waals surface area contributed by atoms with Crippen LogP contribution in [0.15, 0.2) is 48.5 Å². The molecule has 0 radical (unpaired) electrons. The summed E-state index contributed by atoms with van der Waals surface area (Å²) >= 11 is 5.74. The monoisotopic (exact) mass is 366 g/mol. The molecule has 0 atom stereocenters. The molecule has 0 heterocycles. The molecular weight excluding hydrogens is 352 g/mol. The van der Waals surface area contributed by atoms with Gasteiger partial charge < -0.3 is 0 Å². The Labute approximate surface area is 144 Å². The lowest BCUT2D eigenvalue weighted by Crippen LogP contribution is -2.41. The minimum absolute atomic E-state index is 0.0950. The van der Waals surface area contributed by atoms with Crippen LogP contribution in [0.25, 0.3) is 0 Å². The molecule has 2 aromatic carbocycles. The van der Waals surface area contributed by atoms with E-state index in [1.807, 2.05) is 0 Å². The molecule has 0 bridgehead atoms. The first-order valence-corrected chi connectivity index (χ1v) is 9.31. The number of amides is 2. The molecule has 2 aromatic rings. The molecule has 0 saturated carbocycles. The van der Waals surface area contributed by atoms with E-state index < -0.39 is 21.7 Å². The van der Waals surface area contributed by atoms with Crippen LogP contribution >= 0.6 is 11.6 Å². The molecule has 6 nitrogen and oxygen atoms in total. The molecular formula is C16H15ClN2O4S. The lowest BCUT2D eigenvalue weighted by Gasteiger charge is -2.08. The maximum absolute atomic E-state index is 12.0. The summed E-state index contributed by atoms with van der Waals surface area (Å²) in [6, 6.07) is 12.3. The molecule has 0 saturated heterocycles. The summed E-state index contributed by atoms with van der Waals surface area (Å²) in [5.74, 6) is -1.08. The average molecular weight is 367 g/mol. The van der Waals surface area contributed by atoms with Gasteiger partial charge in [-0.05, 0) is 42.0 Å². The summed E-state index contributed by atoms with van der Waals surface area (Å²) in [6.07, 6.45) is 1.14. The van der Waals surface area contributed by atoms with Crippen molar-refractivity contribution in [2.24, 2.45) is 0 Å². The Kier molecular flexibility index (Phi) is 5.58. The molecule has 2 rings (SSSR count). The van der Waals surface area contributed by atoms with Crippen molar-refractivity contribution in [3.63, 3.8) is 0 Å². The van der Waals surface area contributed by atoms with Crippen LogP contribution in [-0.2, 0) is 15.6 Å². The van der Waals surface area contributed by atoms with Crippen LogP contribution in [0.1, 0.15) is 26.3 Å². The van der Waals surface area contributed by atoms with E-state index in [-0.39, 0.29) is 5.75 Å². The van der Waals surface area contributed by atoms with E-state index >= 15 is 0 Å². The fourth-order valence-electron chi connectivity index (χ4n) is 1.91. The van der Waals surface area contributed by atoms with E-state index in [9.17, 15) is 18.0 Å². The second-order valence-corrected chi connectivity index (χ2v) is 7.76. The van der Waals surface area contributed by atoms with Gasteiger partial charge in [0.25, 0.3) is 11.8 Å². The summed E-state index contributed by atoms with van der Waals surface area (Å²) in [6.45, 7) is 0. The van der Waals surface area contributed by atoms with E-state index in [0.717, 1.165) is 6.26 Å². The third kappa shape index (κ3) is 5.36. The van der Waals surface area contributed by atoms with Crippen molar-refractivity contribution in [1.82, 2.24) is 10.9 Å². The molecule has 8 heteroatoms. The zero-order valence-corrected chi connectivity index (χ0v) is 14.3. The molecule has 0 unspecified atom stereocenters. The minimum atomic E-state index is -3.13. The van der Waals surface area contributed by atoms with Crippen molar-refractivity contribution in [3.05, 3.63) is 70.2 Å². The Morgan fingerprint density at radius 3 is 1.71 bits per heavy atom. The number of nitrogens with one attached hydrogen (secondary N) is 2. The lowest BCUT2D eigenvalue weighted by atomic mass is 10.1. The van der Waals surface area contributed by atoms with Gasteiger partial charge in [0, 0.05) is 22.4 Å². The highest BCUT2D eigenvalue weighted by molar-refractivity contribution is 7.89. The van der Waals surface area contributed by atoms with Gasteiger partial charge in [-0.1, -0.05) is 23.7 Å². The zero-order valence-electron chi connectivity index (χ0n) is 12.7. The highest BCUT2D eigenvalue weighted by atomic mass is 35.5. The first-order chi connectivity index (χ1) is 11.2. The predicted molar refractivity (Wildman–Crippen MR) is 91.4 cm³/mol. The summed E-state index contributed by atoms with van der Waals surface area (Å²) in [5, 5.41) is 0.504. The highest BCUT2D eigenvalue weighted by Crippen LogP contribution is 2.09. The summed E-state index contributed by atoms with van der Waals surface area (Å²) in [4.78, 5) is 23.8. The van der Waals surface area contributed by atoms with Crippen LogP contribution in [0.5, 0.6) is 0 Å². The fraction of sp³-hybridized carbons (Fsp3) is 0.125. The highest BCUT2D eigenvalue weighted by Gasteiger charge is 2.10. The second-order valence-electron chi connectivity index (χ2n) is 5.18. The maximum atomic E-state index is 12.0. The van der Waals surface area contributed by atoms with Gasteiger partial charge >= 0.3 is 0 Å². The fourth-order valence-corrected chi connectivity index (χ4v) is 2.84. The first-order valence-electron chi connectivity index (χ1n) is 6.87. The third-order valence-electron chi connectivity index (χ3n) is 3.04. The molecule has 0 aliphatic rings. The minimum Gasteiger partial charge on any atom is -0.267 e. The summed E-state index contributed by atoms with van der Waals surface area (Å²) in [7, 11) is -3.13. The van der Waals surface area contributed by atoms with Crippen LogP contribution in [0.4, 0.5) is 0 Å². The van der Waals surface area contributed by atoms with Crippen LogP contribution in [0.3, 0.4) is 0 Å². The van der Waals surface area contributed by atoms with Crippen molar-refractivity contribution in [2.75, 3.05) is 6.26 Å². The van der Waals surface area contributed by atoms with Crippen molar-refractivity contribution >= 4 is 33.3 Å². The number of rotatable bonds is 4. The van der Waals surface area contributed by atoms with E-state index in [1.165, 1.54) is 24.3 Å². The predicted octanol–water partition coefficient (Wildman–Crippen LogP) is 1.96. The van der Waals surface area contributed by atoms with E-state index in [0.29, 0.717) is 21.7 Å². The van der Waals surface area contributed by atoms with Gasteiger partial charge in [-0.15, -0.1) is 0 Å². The number of carbonyl (C=O) groups is 2. The molecule has 126 valence electrons. The van der Waals surface area contributed by atoms with Gasteiger partial charge in [0.1, 0.15) is 0 Å². The van der Waals surface area contributed by atoms with Crippen LogP contribution in [0, 0.1) is 0 Å². The third-order valence-corrected chi connectivity index (χ3v) is 4.15. The summed E-state index contributed by atoms with van der Waals surface area (Å²) < 4.78 is 22.4. The van der Waals surface area contributed by atoms with Crippen LogP contribution < -0.4 is 10.9 Å². The van der Waals surface area contributed by atoms with Crippen LogP contribution in [-0.4, -0.2) is 26.5 Å². The number of hydrazine groups is 1. The zero-order chi connectivity index (χ0) is 17.7. The maximum Gasteiger partial charge on any atom is 0.269 e. The standard InChI is InChI=1S/C16H15ClN2O4S/c1-24(22,23)10-11-2-4-12(5-3-11)15(20)18-19-16(21)13-6-8-14(17)9-7-13/h2-9H,10H2,1H3,(H,18,20)(H,19,21). The average Bonchev–Trinajstić information content (AvgIpc) is 2.52. The van der Waals surface area contributed by atoms with Gasteiger partial charge in [-0.3, -0.25) is 20.4 Å². The molecule has 2 N–H and O–H groups in total. The Morgan fingerprint density at radius 1 is 0.875 bits per heavy atom. The lowest BCUT2D eigenvalue weighted by molar-refractivity contribution is 0.0846. The quantitative estimate of drug-likeness (QED) is 0.809. The smallest absolute Gasteiger partial charge is 0.267 e. The molecule has 0 aromatic heterocycles. The number of sulfone groups is 1. The van der Waals surface area contributed by atoms with Crippen molar-refractivity contribution in [3.8, 4) is 0 Å². The van der Waals surface area contributed by atoms with Crippen LogP contribution in [0.2, 0.25) is 5.02 Å². The van der Waals surface area contributed by atoms with Gasteiger partial charge in [0.2, 0.25) is 0 Å².